The summed E-state index contributed by atoms with van der Waals surface area (Å²) in [6, 6.07) is 0. The zero-order valence-corrected chi connectivity index (χ0v) is 9.22. The van der Waals surface area contributed by atoms with E-state index < -0.39 is 15.4 Å². The first-order chi connectivity index (χ1) is 6.52. The van der Waals surface area contributed by atoms with E-state index in [2.05, 4.69) is 0 Å². The van der Waals surface area contributed by atoms with Gasteiger partial charge < -0.3 is 5.11 Å². The lowest BCUT2D eigenvalue weighted by molar-refractivity contribution is 0.0377. The molecule has 1 atom stereocenters. The highest BCUT2D eigenvalue weighted by atomic mass is 32.2. The molecule has 0 aromatic carbocycles. The molecule has 1 saturated heterocycles. The van der Waals surface area contributed by atoms with Crippen LogP contribution in [0.2, 0.25) is 0 Å². The summed E-state index contributed by atoms with van der Waals surface area (Å²) in [5.74, 6) is 0.327. The number of hydrogen-bond acceptors (Lipinski definition) is 3. The molecule has 14 heavy (non-hydrogen) atoms. The molecule has 0 aromatic rings. The van der Waals surface area contributed by atoms with Crippen LogP contribution in [0.15, 0.2) is 0 Å². The maximum atomic E-state index is 11.6. The van der Waals surface area contributed by atoms with E-state index in [1.54, 1.807) is 0 Å². The Labute approximate surface area is 85.4 Å². The number of hydrogen-bond donors (Lipinski definition) is 1. The quantitative estimate of drug-likeness (QED) is 0.759. The molecule has 0 amide bonds. The summed E-state index contributed by atoms with van der Waals surface area (Å²) in [5.41, 5.74) is -0.665. The topological polar surface area (TPSA) is 54.4 Å². The van der Waals surface area contributed by atoms with E-state index in [4.69, 9.17) is 0 Å². The first-order valence-corrected chi connectivity index (χ1v) is 7.17. The maximum absolute atomic E-state index is 11.6. The van der Waals surface area contributed by atoms with Crippen molar-refractivity contribution in [2.45, 2.75) is 55.8 Å². The largest absolute Gasteiger partial charge is 0.390 e. The predicted molar refractivity (Wildman–Crippen MR) is 54.8 cm³/mol. The summed E-state index contributed by atoms with van der Waals surface area (Å²) >= 11 is 0. The Balaban J connectivity index is 2.03. The second-order valence-electron chi connectivity index (χ2n) is 4.77. The average Bonchev–Trinajstić information content (AvgIpc) is 2.61. The first kappa shape index (κ1) is 10.4. The SMILES string of the molecule is O=S1(=O)CCCC1CC1(O)CCCC1. The van der Waals surface area contributed by atoms with Crippen molar-refractivity contribution in [1.29, 1.82) is 0 Å². The Bertz CT molecular complexity index is 301. The minimum Gasteiger partial charge on any atom is -0.390 e. The Hall–Kier alpha value is -0.0900. The third-order valence-corrected chi connectivity index (χ3v) is 5.88. The van der Waals surface area contributed by atoms with Crippen LogP contribution in [0.25, 0.3) is 0 Å². The molecule has 1 saturated carbocycles. The second kappa shape index (κ2) is 3.49. The average molecular weight is 218 g/mol. The van der Waals surface area contributed by atoms with Crippen LogP contribution < -0.4 is 0 Å². The molecule has 3 nitrogen and oxygen atoms in total. The monoisotopic (exact) mass is 218 g/mol. The van der Waals surface area contributed by atoms with Gasteiger partial charge in [0.1, 0.15) is 0 Å². The normalized spacial score (nSPS) is 34.8. The van der Waals surface area contributed by atoms with Gasteiger partial charge in [-0.3, -0.25) is 0 Å². The summed E-state index contributed by atoms with van der Waals surface area (Å²) < 4.78 is 23.2. The molecular formula is C10H18O3S. The van der Waals surface area contributed by atoms with E-state index in [-0.39, 0.29) is 5.25 Å². The van der Waals surface area contributed by atoms with E-state index in [0.717, 1.165) is 38.5 Å². The number of rotatable bonds is 2. The van der Waals surface area contributed by atoms with Crippen LogP contribution in [0.5, 0.6) is 0 Å². The lowest BCUT2D eigenvalue weighted by Crippen LogP contribution is -2.32. The van der Waals surface area contributed by atoms with Crippen LogP contribution >= 0.6 is 0 Å². The molecular weight excluding hydrogens is 200 g/mol. The van der Waals surface area contributed by atoms with Crippen molar-refractivity contribution in [3.63, 3.8) is 0 Å². The first-order valence-electron chi connectivity index (χ1n) is 5.46. The fourth-order valence-electron chi connectivity index (χ4n) is 2.75. The van der Waals surface area contributed by atoms with Gasteiger partial charge in [-0.05, 0) is 32.1 Å². The van der Waals surface area contributed by atoms with Crippen LogP contribution in [0.3, 0.4) is 0 Å². The maximum Gasteiger partial charge on any atom is 0.153 e. The van der Waals surface area contributed by atoms with Gasteiger partial charge in [-0.25, -0.2) is 8.42 Å². The molecule has 0 radical (unpaired) electrons. The van der Waals surface area contributed by atoms with Crippen LogP contribution in [0, 0.1) is 0 Å². The van der Waals surface area contributed by atoms with E-state index in [0.29, 0.717) is 12.2 Å². The van der Waals surface area contributed by atoms with Gasteiger partial charge in [0.25, 0.3) is 0 Å². The summed E-state index contributed by atoms with van der Waals surface area (Å²) in [4.78, 5) is 0. The molecule has 82 valence electrons. The predicted octanol–water partition coefficient (Wildman–Crippen LogP) is 1.26. The Morgan fingerprint density at radius 1 is 1.21 bits per heavy atom. The Morgan fingerprint density at radius 3 is 2.36 bits per heavy atom. The van der Waals surface area contributed by atoms with Gasteiger partial charge >= 0.3 is 0 Å². The molecule has 2 fully saturated rings. The molecule has 4 heteroatoms. The van der Waals surface area contributed by atoms with Gasteiger partial charge in [0.05, 0.1) is 16.6 Å². The molecule has 1 heterocycles. The lowest BCUT2D eigenvalue weighted by Gasteiger charge is -2.25. The van der Waals surface area contributed by atoms with E-state index in [1.807, 2.05) is 0 Å². The summed E-state index contributed by atoms with van der Waals surface area (Å²) in [6.45, 7) is 0. The molecule has 0 spiro atoms. The molecule has 0 aromatic heterocycles. The van der Waals surface area contributed by atoms with E-state index >= 15 is 0 Å². The van der Waals surface area contributed by atoms with Crippen LogP contribution in [0.1, 0.15) is 44.9 Å². The second-order valence-corrected chi connectivity index (χ2v) is 7.17. The number of aliphatic hydroxyl groups is 1. The van der Waals surface area contributed by atoms with Crippen LogP contribution in [-0.4, -0.2) is 30.1 Å². The highest BCUT2D eigenvalue weighted by Crippen LogP contribution is 2.37. The molecule has 2 rings (SSSR count). The van der Waals surface area contributed by atoms with Gasteiger partial charge in [-0.1, -0.05) is 12.8 Å². The minimum absolute atomic E-state index is 0.259. The molecule has 1 N–H and O–H groups in total. The van der Waals surface area contributed by atoms with Crippen molar-refractivity contribution in [1.82, 2.24) is 0 Å². The van der Waals surface area contributed by atoms with Crippen molar-refractivity contribution in [3.05, 3.63) is 0 Å². The Morgan fingerprint density at radius 2 is 1.86 bits per heavy atom. The fraction of sp³-hybridized carbons (Fsp3) is 1.00. The molecule has 0 bridgehead atoms. The van der Waals surface area contributed by atoms with Gasteiger partial charge in [0.15, 0.2) is 9.84 Å². The van der Waals surface area contributed by atoms with Crippen molar-refractivity contribution >= 4 is 9.84 Å². The smallest absolute Gasteiger partial charge is 0.153 e. The molecule has 1 aliphatic carbocycles. The third-order valence-electron chi connectivity index (χ3n) is 3.60. The van der Waals surface area contributed by atoms with Crippen molar-refractivity contribution < 1.29 is 13.5 Å². The van der Waals surface area contributed by atoms with Crippen LogP contribution in [0.4, 0.5) is 0 Å². The third kappa shape index (κ3) is 1.96. The van der Waals surface area contributed by atoms with Crippen molar-refractivity contribution in [2.24, 2.45) is 0 Å². The standard InChI is InChI=1S/C10H18O3S/c11-10(5-1-2-6-10)8-9-4-3-7-14(9,12)13/h9,11H,1-8H2. The summed E-state index contributed by atoms with van der Waals surface area (Å²) in [6.07, 6.45) is 5.69. The molecule has 1 unspecified atom stereocenters. The molecule has 2 aliphatic rings. The highest BCUT2D eigenvalue weighted by Gasteiger charge is 2.40. The highest BCUT2D eigenvalue weighted by molar-refractivity contribution is 7.92. The van der Waals surface area contributed by atoms with E-state index in [1.165, 1.54) is 0 Å². The Kier molecular flexibility index (Phi) is 2.60. The van der Waals surface area contributed by atoms with Gasteiger partial charge in [0.2, 0.25) is 0 Å². The van der Waals surface area contributed by atoms with E-state index in [9.17, 15) is 13.5 Å². The lowest BCUT2D eigenvalue weighted by atomic mass is 9.94. The van der Waals surface area contributed by atoms with Crippen LogP contribution in [-0.2, 0) is 9.84 Å². The minimum atomic E-state index is -2.87. The molecule has 1 aliphatic heterocycles. The fourth-order valence-corrected chi connectivity index (χ4v) is 4.74. The van der Waals surface area contributed by atoms with Crippen molar-refractivity contribution in [2.75, 3.05) is 5.75 Å². The van der Waals surface area contributed by atoms with Crippen molar-refractivity contribution in [3.8, 4) is 0 Å². The zero-order chi connectivity index (χ0) is 10.2. The summed E-state index contributed by atoms with van der Waals surface area (Å²) in [5, 5.41) is 9.86. The summed E-state index contributed by atoms with van der Waals surface area (Å²) in [7, 11) is -2.87. The number of sulfone groups is 1. The van der Waals surface area contributed by atoms with Gasteiger partial charge in [0, 0.05) is 0 Å². The van der Waals surface area contributed by atoms with Gasteiger partial charge in [-0.2, -0.15) is 0 Å². The zero-order valence-electron chi connectivity index (χ0n) is 8.41. The van der Waals surface area contributed by atoms with Gasteiger partial charge in [-0.15, -0.1) is 0 Å².